The summed E-state index contributed by atoms with van der Waals surface area (Å²) in [4.78, 5) is 2.08. The van der Waals surface area contributed by atoms with E-state index in [0.717, 1.165) is 22.4 Å². The second kappa shape index (κ2) is 10.8. The Bertz CT molecular complexity index is 815. The van der Waals surface area contributed by atoms with Crippen LogP contribution in [0.1, 0.15) is 22.8 Å². The lowest BCUT2D eigenvalue weighted by molar-refractivity contribution is -0.00631. The largest absolute Gasteiger partial charge is 0.496 e. The highest BCUT2D eigenvalue weighted by atomic mass is 16.5. The fraction of sp³-hybridized carbons (Fsp3) is 0.280. The van der Waals surface area contributed by atoms with E-state index in [1.165, 1.54) is 0 Å². The number of hydrogen-bond acceptors (Lipinski definition) is 4. The molecule has 1 N–H and O–H groups in total. The standard InChI is InChI=1S/C25H29NO3/c1-26(17-22-15-9-10-16-24(22)28-2)18-23(27)19-29-25(20-11-5-3-6-12-20)21-13-7-4-8-14-21/h3-16,23,25,27H,17-19H2,1-2H3/t23-/m1/s1. The fourth-order valence-electron chi connectivity index (χ4n) is 3.45. The second-order valence-electron chi connectivity index (χ2n) is 7.20. The molecule has 0 amide bonds. The summed E-state index contributed by atoms with van der Waals surface area (Å²) in [6.07, 6.45) is -0.795. The zero-order chi connectivity index (χ0) is 20.5. The zero-order valence-corrected chi connectivity index (χ0v) is 17.1. The van der Waals surface area contributed by atoms with Crippen molar-refractivity contribution in [1.29, 1.82) is 0 Å². The van der Waals surface area contributed by atoms with Crippen LogP contribution >= 0.6 is 0 Å². The molecular weight excluding hydrogens is 362 g/mol. The molecule has 3 aromatic carbocycles. The Hall–Kier alpha value is -2.66. The number of methoxy groups -OCH3 is 1. The molecule has 0 aliphatic heterocycles. The monoisotopic (exact) mass is 391 g/mol. The van der Waals surface area contributed by atoms with Crippen LogP contribution in [0.5, 0.6) is 5.75 Å². The molecule has 0 spiro atoms. The van der Waals surface area contributed by atoms with Crippen molar-refractivity contribution in [2.45, 2.75) is 18.8 Å². The Labute approximate surface area is 173 Å². The highest BCUT2D eigenvalue weighted by molar-refractivity contribution is 5.33. The average molecular weight is 392 g/mol. The minimum Gasteiger partial charge on any atom is -0.496 e. The molecule has 0 saturated carbocycles. The molecule has 0 aliphatic carbocycles. The van der Waals surface area contributed by atoms with E-state index in [2.05, 4.69) is 29.2 Å². The number of ether oxygens (including phenoxy) is 2. The highest BCUT2D eigenvalue weighted by Gasteiger charge is 2.17. The molecule has 4 nitrogen and oxygen atoms in total. The first-order valence-corrected chi connectivity index (χ1v) is 9.87. The molecule has 4 heteroatoms. The van der Waals surface area contributed by atoms with Crippen LogP contribution in [0, 0.1) is 0 Å². The quantitative estimate of drug-likeness (QED) is 0.560. The van der Waals surface area contributed by atoms with Crippen molar-refractivity contribution in [2.24, 2.45) is 0 Å². The van der Waals surface area contributed by atoms with Gasteiger partial charge in [0.25, 0.3) is 0 Å². The lowest BCUT2D eigenvalue weighted by Gasteiger charge is -2.24. The number of para-hydroxylation sites is 1. The molecule has 1 atom stereocenters. The summed E-state index contributed by atoms with van der Waals surface area (Å²) in [5.41, 5.74) is 3.25. The molecule has 0 aliphatic rings. The van der Waals surface area contributed by atoms with Gasteiger partial charge in [0.15, 0.2) is 0 Å². The third kappa shape index (κ3) is 6.16. The first kappa shape index (κ1) is 21.1. The molecule has 29 heavy (non-hydrogen) atoms. The van der Waals surface area contributed by atoms with Gasteiger partial charge in [-0.05, 0) is 24.2 Å². The van der Waals surface area contributed by atoms with Gasteiger partial charge in [-0.3, -0.25) is 4.90 Å². The predicted octanol–water partition coefficient (Wildman–Crippen LogP) is 4.29. The molecule has 152 valence electrons. The molecule has 0 fully saturated rings. The summed E-state index contributed by atoms with van der Waals surface area (Å²) in [7, 11) is 3.66. The minimum atomic E-state index is -0.593. The average Bonchev–Trinajstić information content (AvgIpc) is 2.75. The Kier molecular flexibility index (Phi) is 7.82. The minimum absolute atomic E-state index is 0.202. The van der Waals surface area contributed by atoms with Gasteiger partial charge in [-0.1, -0.05) is 78.9 Å². The van der Waals surface area contributed by atoms with Gasteiger partial charge in [0.1, 0.15) is 11.9 Å². The van der Waals surface area contributed by atoms with Gasteiger partial charge in [0.2, 0.25) is 0 Å². The molecule has 0 bridgehead atoms. The molecule has 0 radical (unpaired) electrons. The van der Waals surface area contributed by atoms with Crippen molar-refractivity contribution in [2.75, 3.05) is 27.3 Å². The molecule has 0 heterocycles. The number of rotatable bonds is 10. The van der Waals surface area contributed by atoms with Crippen LogP contribution in [-0.4, -0.2) is 43.4 Å². The van der Waals surface area contributed by atoms with E-state index in [4.69, 9.17) is 9.47 Å². The summed E-state index contributed by atoms with van der Waals surface area (Å²) in [6, 6.07) is 28.2. The molecule has 3 aromatic rings. The van der Waals surface area contributed by atoms with Crippen molar-refractivity contribution in [1.82, 2.24) is 4.90 Å². The lowest BCUT2D eigenvalue weighted by atomic mass is 10.0. The number of nitrogens with zero attached hydrogens (tertiary/aromatic N) is 1. The van der Waals surface area contributed by atoms with E-state index in [-0.39, 0.29) is 12.7 Å². The van der Waals surface area contributed by atoms with Crippen LogP contribution in [0.25, 0.3) is 0 Å². The van der Waals surface area contributed by atoms with Crippen molar-refractivity contribution < 1.29 is 14.6 Å². The third-order valence-electron chi connectivity index (χ3n) is 4.82. The smallest absolute Gasteiger partial charge is 0.123 e. The Balaban J connectivity index is 1.59. The number of likely N-dealkylation sites (N-methyl/N-ethyl adjacent to an activating group) is 1. The van der Waals surface area contributed by atoms with Crippen molar-refractivity contribution >= 4 is 0 Å². The van der Waals surface area contributed by atoms with Gasteiger partial charge in [0.05, 0.1) is 19.8 Å². The van der Waals surface area contributed by atoms with Crippen molar-refractivity contribution in [3.8, 4) is 5.75 Å². The van der Waals surface area contributed by atoms with Crippen LogP contribution in [0.2, 0.25) is 0 Å². The maximum absolute atomic E-state index is 10.6. The topological polar surface area (TPSA) is 41.9 Å². The second-order valence-corrected chi connectivity index (χ2v) is 7.20. The van der Waals surface area contributed by atoms with Gasteiger partial charge >= 0.3 is 0 Å². The first-order valence-electron chi connectivity index (χ1n) is 9.87. The highest BCUT2D eigenvalue weighted by Crippen LogP contribution is 2.26. The number of aliphatic hydroxyl groups excluding tert-OH is 1. The summed E-state index contributed by atoms with van der Waals surface area (Å²) >= 11 is 0. The van der Waals surface area contributed by atoms with E-state index in [0.29, 0.717) is 13.1 Å². The zero-order valence-electron chi connectivity index (χ0n) is 17.1. The van der Waals surface area contributed by atoms with Crippen LogP contribution in [-0.2, 0) is 11.3 Å². The summed E-state index contributed by atoms with van der Waals surface area (Å²) in [5.74, 6) is 0.860. The van der Waals surface area contributed by atoms with E-state index in [1.54, 1.807) is 7.11 Å². The van der Waals surface area contributed by atoms with E-state index < -0.39 is 6.10 Å². The first-order chi connectivity index (χ1) is 14.2. The lowest BCUT2D eigenvalue weighted by Crippen LogP contribution is -2.32. The van der Waals surface area contributed by atoms with E-state index in [9.17, 15) is 5.11 Å². The van der Waals surface area contributed by atoms with Crippen LogP contribution in [0.3, 0.4) is 0 Å². The van der Waals surface area contributed by atoms with Gasteiger partial charge in [-0.25, -0.2) is 0 Å². The third-order valence-corrected chi connectivity index (χ3v) is 4.82. The molecular formula is C25H29NO3. The molecule has 0 aromatic heterocycles. The Morgan fingerprint density at radius 2 is 1.38 bits per heavy atom. The van der Waals surface area contributed by atoms with Gasteiger partial charge in [0, 0.05) is 18.7 Å². The van der Waals surface area contributed by atoms with Crippen molar-refractivity contribution in [3.63, 3.8) is 0 Å². The molecule has 0 unspecified atom stereocenters. The molecule has 0 saturated heterocycles. The van der Waals surface area contributed by atoms with Gasteiger partial charge in [-0.15, -0.1) is 0 Å². The maximum Gasteiger partial charge on any atom is 0.123 e. The Morgan fingerprint density at radius 3 is 1.97 bits per heavy atom. The Morgan fingerprint density at radius 1 is 0.828 bits per heavy atom. The number of benzene rings is 3. The number of aliphatic hydroxyl groups is 1. The SMILES string of the molecule is COc1ccccc1CN(C)C[C@@H](O)COC(c1ccccc1)c1ccccc1. The van der Waals surface area contributed by atoms with Gasteiger partial charge in [-0.2, -0.15) is 0 Å². The van der Waals surface area contributed by atoms with E-state index in [1.807, 2.05) is 67.7 Å². The van der Waals surface area contributed by atoms with Crippen LogP contribution in [0.4, 0.5) is 0 Å². The normalized spacial score (nSPS) is 12.3. The summed E-state index contributed by atoms with van der Waals surface area (Å²) in [5, 5.41) is 10.6. The molecule has 3 rings (SSSR count). The summed E-state index contributed by atoms with van der Waals surface area (Å²) in [6.45, 7) is 1.46. The maximum atomic E-state index is 10.6. The summed E-state index contributed by atoms with van der Waals surface area (Å²) < 4.78 is 11.6. The van der Waals surface area contributed by atoms with Crippen LogP contribution < -0.4 is 4.74 Å². The van der Waals surface area contributed by atoms with E-state index >= 15 is 0 Å². The fourth-order valence-corrected chi connectivity index (χ4v) is 3.45. The van der Waals surface area contributed by atoms with Crippen LogP contribution in [0.15, 0.2) is 84.9 Å². The van der Waals surface area contributed by atoms with Crippen molar-refractivity contribution in [3.05, 3.63) is 102 Å². The van der Waals surface area contributed by atoms with Gasteiger partial charge < -0.3 is 14.6 Å². The predicted molar refractivity (Wildman–Crippen MR) is 116 cm³/mol. The number of hydrogen-bond donors (Lipinski definition) is 1.